The minimum absolute atomic E-state index is 0. The van der Waals surface area contributed by atoms with Gasteiger partial charge in [0.1, 0.15) is 5.60 Å². The van der Waals surface area contributed by atoms with Crippen LogP contribution in [0.1, 0.15) is 59.3 Å². The number of imide groups is 1. The standard InChI is InChI=1S/C11H20N2O3.C6H12N2O.ClH/c1-11(2,3)16-10(15)13-9(14)8-6-4-5-7-12-8;7-6(9)5-3-1-2-4-8-5;/h8,12H,4-7H2,1-3H3,(H,13,14,15);5,8H,1-4H2,(H2,7,9);1H/t8-;5-;/m00./s1. The number of alkyl carbamates (subject to hydrolysis) is 1. The van der Waals surface area contributed by atoms with E-state index in [1.807, 2.05) is 0 Å². The predicted molar refractivity (Wildman–Crippen MR) is 102 cm³/mol. The molecule has 2 atom stereocenters. The summed E-state index contributed by atoms with van der Waals surface area (Å²) in [5, 5.41) is 8.35. The van der Waals surface area contributed by atoms with Gasteiger partial charge in [0, 0.05) is 0 Å². The molecule has 0 unspecified atom stereocenters. The van der Waals surface area contributed by atoms with E-state index in [4.69, 9.17) is 10.5 Å². The molecule has 0 bridgehead atoms. The minimum Gasteiger partial charge on any atom is -0.444 e. The van der Waals surface area contributed by atoms with Crippen LogP contribution in [0.2, 0.25) is 0 Å². The summed E-state index contributed by atoms with van der Waals surface area (Å²) in [5.74, 6) is -0.511. The molecule has 0 spiro atoms. The summed E-state index contributed by atoms with van der Waals surface area (Å²) in [5.41, 5.74) is 4.49. The fourth-order valence-electron chi connectivity index (χ4n) is 2.66. The van der Waals surface area contributed by atoms with Crippen LogP contribution in [0.25, 0.3) is 0 Å². The van der Waals surface area contributed by atoms with E-state index in [0.717, 1.165) is 45.2 Å². The van der Waals surface area contributed by atoms with Crippen LogP contribution < -0.4 is 21.7 Å². The summed E-state index contributed by atoms with van der Waals surface area (Å²) >= 11 is 0. The molecule has 2 fully saturated rings. The lowest BCUT2D eigenvalue weighted by atomic mass is 10.0. The van der Waals surface area contributed by atoms with Crippen molar-refractivity contribution >= 4 is 30.3 Å². The van der Waals surface area contributed by atoms with Gasteiger partial charge in [0.25, 0.3) is 0 Å². The lowest BCUT2D eigenvalue weighted by Crippen LogP contribution is -2.49. The van der Waals surface area contributed by atoms with Crippen LogP contribution in [0.5, 0.6) is 0 Å². The van der Waals surface area contributed by atoms with Crippen molar-refractivity contribution in [1.29, 1.82) is 0 Å². The summed E-state index contributed by atoms with van der Waals surface area (Å²) in [6, 6.07) is -0.319. The highest BCUT2D eigenvalue weighted by Gasteiger charge is 2.24. The van der Waals surface area contributed by atoms with Crippen LogP contribution in [-0.4, -0.2) is 48.7 Å². The molecule has 0 aromatic heterocycles. The summed E-state index contributed by atoms with van der Waals surface area (Å²) in [4.78, 5) is 33.5. The fourth-order valence-corrected chi connectivity index (χ4v) is 2.66. The first kappa shape index (κ1) is 24.6. The van der Waals surface area contributed by atoms with Crippen LogP contribution in [0.15, 0.2) is 0 Å². The lowest BCUT2D eigenvalue weighted by Gasteiger charge is -2.23. The van der Waals surface area contributed by atoms with E-state index in [2.05, 4.69) is 16.0 Å². The first-order valence-corrected chi connectivity index (χ1v) is 8.99. The summed E-state index contributed by atoms with van der Waals surface area (Å²) in [6.45, 7) is 7.04. The number of amides is 3. The Hall–Kier alpha value is -1.38. The second-order valence-electron chi connectivity index (χ2n) is 7.40. The first-order valence-electron chi connectivity index (χ1n) is 8.99. The van der Waals surface area contributed by atoms with Gasteiger partial charge in [0.15, 0.2) is 0 Å². The number of primary amides is 1. The number of piperidine rings is 2. The van der Waals surface area contributed by atoms with Crippen LogP contribution in [0.4, 0.5) is 4.79 Å². The van der Waals surface area contributed by atoms with Crippen molar-refractivity contribution < 1.29 is 19.1 Å². The van der Waals surface area contributed by atoms with E-state index < -0.39 is 11.7 Å². The Balaban J connectivity index is 0.000000532. The number of nitrogens with one attached hydrogen (secondary N) is 3. The molecule has 0 radical (unpaired) electrons. The summed E-state index contributed by atoms with van der Waals surface area (Å²) in [7, 11) is 0. The molecule has 2 aliphatic heterocycles. The third-order valence-corrected chi connectivity index (χ3v) is 3.90. The molecule has 2 rings (SSSR count). The minimum atomic E-state index is -0.676. The summed E-state index contributed by atoms with van der Waals surface area (Å²) in [6.07, 6.45) is 5.40. The SMILES string of the molecule is CC(C)(C)OC(=O)NC(=O)[C@@H]1CCCCN1.Cl.NC(=O)[C@@H]1CCCCN1. The van der Waals surface area contributed by atoms with Gasteiger partial charge in [0.2, 0.25) is 11.8 Å². The van der Waals surface area contributed by atoms with Gasteiger partial charge in [-0.1, -0.05) is 12.8 Å². The van der Waals surface area contributed by atoms with Gasteiger partial charge in [-0.3, -0.25) is 14.9 Å². The highest BCUT2D eigenvalue weighted by atomic mass is 35.5. The van der Waals surface area contributed by atoms with E-state index in [-0.39, 0.29) is 36.3 Å². The monoisotopic (exact) mass is 392 g/mol. The largest absolute Gasteiger partial charge is 0.444 e. The zero-order chi connectivity index (χ0) is 18.9. The van der Waals surface area contributed by atoms with Crippen LogP contribution in [-0.2, 0) is 14.3 Å². The number of ether oxygens (including phenoxy) is 1. The van der Waals surface area contributed by atoms with Gasteiger partial charge >= 0.3 is 6.09 Å². The van der Waals surface area contributed by atoms with E-state index >= 15 is 0 Å². The second kappa shape index (κ2) is 12.1. The number of rotatable bonds is 2. The zero-order valence-corrected chi connectivity index (χ0v) is 16.7. The van der Waals surface area contributed by atoms with E-state index in [0.29, 0.717) is 0 Å². The van der Waals surface area contributed by atoms with Gasteiger partial charge in [-0.15, -0.1) is 12.4 Å². The molecule has 9 heteroatoms. The molecule has 0 aromatic carbocycles. The number of carbonyl (C=O) groups excluding carboxylic acids is 3. The number of halogens is 1. The van der Waals surface area contributed by atoms with Crippen molar-refractivity contribution in [3.8, 4) is 0 Å². The van der Waals surface area contributed by atoms with Crippen LogP contribution in [0.3, 0.4) is 0 Å². The highest BCUT2D eigenvalue weighted by molar-refractivity contribution is 5.95. The maximum atomic E-state index is 11.6. The number of carbonyl (C=O) groups is 3. The molecule has 8 nitrogen and oxygen atoms in total. The van der Waals surface area contributed by atoms with Gasteiger partial charge in [-0.25, -0.2) is 4.79 Å². The van der Waals surface area contributed by atoms with Gasteiger partial charge in [-0.2, -0.15) is 0 Å². The van der Waals surface area contributed by atoms with Crippen molar-refractivity contribution in [3.63, 3.8) is 0 Å². The van der Waals surface area contributed by atoms with Gasteiger partial charge < -0.3 is 21.1 Å². The van der Waals surface area contributed by atoms with Crippen LogP contribution in [0, 0.1) is 0 Å². The highest BCUT2D eigenvalue weighted by Crippen LogP contribution is 2.09. The third-order valence-electron chi connectivity index (χ3n) is 3.90. The van der Waals surface area contributed by atoms with E-state index in [1.165, 1.54) is 6.42 Å². The molecule has 0 saturated carbocycles. The molecule has 2 heterocycles. The molecular formula is C17H33ClN4O4. The smallest absolute Gasteiger partial charge is 0.414 e. The Kier molecular flexibility index (Phi) is 11.4. The molecule has 0 aliphatic carbocycles. The zero-order valence-electron chi connectivity index (χ0n) is 15.9. The maximum Gasteiger partial charge on any atom is 0.414 e. The molecule has 2 aliphatic rings. The van der Waals surface area contributed by atoms with Crippen molar-refractivity contribution in [3.05, 3.63) is 0 Å². The Morgan fingerprint density at radius 1 is 0.962 bits per heavy atom. The number of hydrogen-bond acceptors (Lipinski definition) is 6. The topological polar surface area (TPSA) is 123 Å². The molecular weight excluding hydrogens is 360 g/mol. The fraction of sp³-hybridized carbons (Fsp3) is 0.824. The molecule has 0 aromatic rings. The normalized spacial score (nSPS) is 22.7. The van der Waals surface area contributed by atoms with E-state index in [1.54, 1.807) is 20.8 Å². The maximum absolute atomic E-state index is 11.6. The Bertz CT molecular complexity index is 456. The third kappa shape index (κ3) is 10.6. The van der Waals surface area contributed by atoms with Gasteiger partial charge in [-0.05, 0) is 59.5 Å². The average molecular weight is 393 g/mol. The molecule has 26 heavy (non-hydrogen) atoms. The molecule has 3 amide bonds. The number of hydrogen-bond donors (Lipinski definition) is 4. The molecule has 2 saturated heterocycles. The van der Waals surface area contributed by atoms with Crippen LogP contribution >= 0.6 is 12.4 Å². The second-order valence-corrected chi connectivity index (χ2v) is 7.40. The average Bonchev–Trinajstić information content (AvgIpc) is 2.55. The van der Waals surface area contributed by atoms with Crippen molar-refractivity contribution in [2.24, 2.45) is 5.73 Å². The van der Waals surface area contributed by atoms with Crippen molar-refractivity contribution in [2.45, 2.75) is 77.0 Å². The Labute approximate surface area is 161 Å². The molecule has 152 valence electrons. The lowest BCUT2D eigenvalue weighted by molar-refractivity contribution is -0.123. The Morgan fingerprint density at radius 3 is 1.81 bits per heavy atom. The van der Waals surface area contributed by atoms with E-state index in [9.17, 15) is 14.4 Å². The summed E-state index contributed by atoms with van der Waals surface area (Å²) < 4.78 is 5.00. The Morgan fingerprint density at radius 2 is 1.46 bits per heavy atom. The van der Waals surface area contributed by atoms with Crippen molar-refractivity contribution in [1.82, 2.24) is 16.0 Å². The van der Waals surface area contributed by atoms with Gasteiger partial charge in [0.05, 0.1) is 12.1 Å². The first-order chi connectivity index (χ1) is 11.7. The number of nitrogens with two attached hydrogens (primary N) is 1. The predicted octanol–water partition coefficient (Wildman–Crippen LogP) is 1.22. The quantitative estimate of drug-likeness (QED) is 0.560. The van der Waals surface area contributed by atoms with Crippen molar-refractivity contribution in [2.75, 3.05) is 13.1 Å². The molecule has 5 N–H and O–H groups in total.